The van der Waals surface area contributed by atoms with E-state index in [0.29, 0.717) is 0 Å². The van der Waals surface area contributed by atoms with Gasteiger partial charge in [-0.3, -0.25) is 10.1 Å². The molecule has 0 aliphatic rings. The molecule has 60 valence electrons. The first-order valence-corrected chi connectivity index (χ1v) is 4.85. The van der Waals surface area contributed by atoms with Crippen LogP contribution in [0.2, 0.25) is 0 Å². The van der Waals surface area contributed by atoms with E-state index in [1.165, 1.54) is 11.8 Å². The van der Waals surface area contributed by atoms with Crippen LogP contribution in [0.4, 0.5) is 0 Å². The summed E-state index contributed by atoms with van der Waals surface area (Å²) in [6, 6.07) is 1.97. The van der Waals surface area contributed by atoms with Gasteiger partial charge >= 0.3 is 0 Å². The van der Waals surface area contributed by atoms with Crippen molar-refractivity contribution in [1.29, 1.82) is 0 Å². The van der Waals surface area contributed by atoms with Crippen LogP contribution in [-0.4, -0.2) is 10.8 Å². The average Bonchev–Trinajstić information content (AvgIpc) is 2.31. The van der Waals surface area contributed by atoms with Gasteiger partial charge in [0, 0.05) is 4.92 Å². The number of thiophene rings is 1. The second-order valence-corrected chi connectivity index (χ2v) is 4.13. The number of hydrogen-bond donors (Lipinski definition) is 0. The molecule has 0 radical (unpaired) electrons. The Balaban J connectivity index is 2.51. The van der Waals surface area contributed by atoms with Crippen LogP contribution in [0.5, 0.6) is 0 Å². The zero-order valence-corrected chi connectivity index (χ0v) is 7.58. The highest BCUT2D eigenvalue weighted by Crippen LogP contribution is 2.27. The summed E-state index contributed by atoms with van der Waals surface area (Å²) in [5, 5.41) is 11.9. The molecule has 0 N–H and O–H groups in total. The topological polar surface area (TPSA) is 43.1 Å². The Kier molecular flexibility index (Phi) is 2.90. The first-order chi connectivity index (χ1) is 5.20. The molecule has 1 heterocycles. The molecule has 1 aromatic rings. The van der Waals surface area contributed by atoms with E-state index in [4.69, 9.17) is 0 Å². The van der Waals surface area contributed by atoms with Gasteiger partial charge in [0.05, 0.1) is 4.21 Å². The molecular weight excluding hydrogens is 182 g/mol. The van der Waals surface area contributed by atoms with E-state index in [9.17, 15) is 10.1 Å². The quantitative estimate of drug-likeness (QED) is 0.317. The van der Waals surface area contributed by atoms with Gasteiger partial charge in [0.15, 0.2) is 0 Å². The average molecular weight is 189 g/mol. The van der Waals surface area contributed by atoms with E-state index in [1.807, 2.05) is 18.4 Å². The van der Waals surface area contributed by atoms with E-state index in [1.54, 1.807) is 11.3 Å². The third kappa shape index (κ3) is 2.51. The largest absolute Gasteiger partial charge is 0.264 e. The lowest BCUT2D eigenvalue weighted by Gasteiger charge is -1.92. The number of nitro groups is 1. The first-order valence-electron chi connectivity index (χ1n) is 2.99. The summed E-state index contributed by atoms with van der Waals surface area (Å²) in [7, 11) is 0. The van der Waals surface area contributed by atoms with Gasteiger partial charge in [0.2, 0.25) is 0 Å². The molecule has 3 nitrogen and oxygen atoms in total. The summed E-state index contributed by atoms with van der Waals surface area (Å²) < 4.78 is 1.04. The molecule has 0 aromatic carbocycles. The third-order valence-electron chi connectivity index (χ3n) is 1.12. The standard InChI is InChI=1S/C6H7NO2S2/c1-5-2-3-10-6(5)11-4-7(8)9/h2-3H,4H2,1H3. The number of thioether (sulfide) groups is 1. The van der Waals surface area contributed by atoms with Crippen molar-refractivity contribution in [2.45, 2.75) is 11.1 Å². The molecule has 0 saturated carbocycles. The highest BCUT2D eigenvalue weighted by Gasteiger charge is 2.03. The zero-order chi connectivity index (χ0) is 8.27. The zero-order valence-electron chi connectivity index (χ0n) is 5.94. The van der Waals surface area contributed by atoms with Crippen molar-refractivity contribution in [2.24, 2.45) is 0 Å². The molecule has 0 bridgehead atoms. The first kappa shape index (κ1) is 8.55. The molecule has 11 heavy (non-hydrogen) atoms. The van der Waals surface area contributed by atoms with E-state index >= 15 is 0 Å². The molecule has 0 atom stereocenters. The van der Waals surface area contributed by atoms with Gasteiger partial charge in [-0.1, -0.05) is 0 Å². The minimum atomic E-state index is -0.316. The van der Waals surface area contributed by atoms with E-state index < -0.39 is 0 Å². The lowest BCUT2D eigenvalue weighted by atomic mass is 10.4. The van der Waals surface area contributed by atoms with Crippen molar-refractivity contribution in [3.05, 3.63) is 27.1 Å². The summed E-state index contributed by atoms with van der Waals surface area (Å²) in [6.07, 6.45) is 0. The van der Waals surface area contributed by atoms with Gasteiger partial charge in [-0.15, -0.1) is 11.3 Å². The summed E-state index contributed by atoms with van der Waals surface area (Å²) in [5.74, 6) is -0.0403. The van der Waals surface area contributed by atoms with Gasteiger partial charge in [-0.05, 0) is 35.7 Å². The second kappa shape index (κ2) is 3.73. The number of hydrogen-bond acceptors (Lipinski definition) is 4. The van der Waals surface area contributed by atoms with Crippen molar-refractivity contribution < 1.29 is 4.92 Å². The second-order valence-electron chi connectivity index (χ2n) is 2.00. The fourth-order valence-corrected chi connectivity index (χ4v) is 2.38. The molecule has 5 heteroatoms. The van der Waals surface area contributed by atoms with Crippen LogP contribution in [0.1, 0.15) is 5.56 Å². The van der Waals surface area contributed by atoms with Gasteiger partial charge in [0.25, 0.3) is 5.88 Å². The van der Waals surface area contributed by atoms with Crippen molar-refractivity contribution in [1.82, 2.24) is 0 Å². The van der Waals surface area contributed by atoms with Gasteiger partial charge in [0.1, 0.15) is 0 Å². The smallest absolute Gasteiger partial charge is 0.254 e. The highest BCUT2D eigenvalue weighted by atomic mass is 32.2. The van der Waals surface area contributed by atoms with Crippen LogP contribution in [0, 0.1) is 17.0 Å². The minimum absolute atomic E-state index is 0.0403. The molecule has 0 aliphatic carbocycles. The lowest BCUT2D eigenvalue weighted by Crippen LogP contribution is -1.94. The van der Waals surface area contributed by atoms with E-state index in [-0.39, 0.29) is 10.8 Å². The van der Waals surface area contributed by atoms with Crippen molar-refractivity contribution in [3.8, 4) is 0 Å². The van der Waals surface area contributed by atoms with Crippen LogP contribution in [0.25, 0.3) is 0 Å². The van der Waals surface area contributed by atoms with Crippen molar-refractivity contribution in [3.63, 3.8) is 0 Å². The Hall–Kier alpha value is -0.550. The summed E-state index contributed by atoms with van der Waals surface area (Å²) in [6.45, 7) is 1.96. The van der Waals surface area contributed by atoms with Crippen molar-refractivity contribution >= 4 is 23.1 Å². The Morgan fingerprint density at radius 2 is 2.55 bits per heavy atom. The molecular formula is C6H7NO2S2. The Morgan fingerprint density at radius 1 is 1.82 bits per heavy atom. The molecule has 0 unspecified atom stereocenters. The van der Waals surface area contributed by atoms with Crippen LogP contribution >= 0.6 is 23.1 Å². The predicted octanol–water partition coefficient (Wildman–Crippen LogP) is 2.38. The third-order valence-corrected chi connectivity index (χ3v) is 3.49. The normalized spacial score (nSPS) is 9.91. The van der Waals surface area contributed by atoms with Gasteiger partial charge in [-0.25, -0.2) is 0 Å². The van der Waals surface area contributed by atoms with Crippen LogP contribution in [0.15, 0.2) is 15.7 Å². The number of nitrogens with zero attached hydrogens (tertiary/aromatic N) is 1. The molecule has 0 amide bonds. The Morgan fingerprint density at radius 3 is 3.00 bits per heavy atom. The molecule has 0 aliphatic heterocycles. The number of aryl methyl sites for hydroxylation is 1. The fraction of sp³-hybridized carbons (Fsp3) is 0.333. The van der Waals surface area contributed by atoms with Crippen molar-refractivity contribution in [2.75, 3.05) is 5.88 Å². The maximum Gasteiger partial charge on any atom is 0.254 e. The maximum absolute atomic E-state index is 10.00. The predicted molar refractivity (Wildman–Crippen MR) is 46.8 cm³/mol. The van der Waals surface area contributed by atoms with Gasteiger partial charge < -0.3 is 0 Å². The molecule has 0 fully saturated rings. The summed E-state index contributed by atoms with van der Waals surface area (Å²) >= 11 is 2.83. The maximum atomic E-state index is 10.00. The van der Waals surface area contributed by atoms with Gasteiger partial charge in [-0.2, -0.15) is 0 Å². The Labute approximate surface area is 72.6 Å². The van der Waals surface area contributed by atoms with Crippen LogP contribution in [-0.2, 0) is 0 Å². The molecule has 1 rings (SSSR count). The molecule has 0 spiro atoms. The van der Waals surface area contributed by atoms with E-state index in [0.717, 1.165) is 9.77 Å². The highest BCUT2D eigenvalue weighted by molar-refractivity contribution is 8.00. The Bertz CT molecular complexity index is 259. The number of rotatable bonds is 3. The van der Waals surface area contributed by atoms with E-state index in [2.05, 4.69) is 0 Å². The van der Waals surface area contributed by atoms with Crippen LogP contribution in [0.3, 0.4) is 0 Å². The summed E-state index contributed by atoms with van der Waals surface area (Å²) in [4.78, 5) is 9.68. The van der Waals surface area contributed by atoms with Crippen LogP contribution < -0.4 is 0 Å². The summed E-state index contributed by atoms with van der Waals surface area (Å²) in [5.41, 5.74) is 1.13. The lowest BCUT2D eigenvalue weighted by molar-refractivity contribution is -0.456. The monoisotopic (exact) mass is 189 g/mol. The molecule has 0 saturated heterocycles. The minimum Gasteiger partial charge on any atom is -0.264 e. The molecule has 1 aromatic heterocycles. The fourth-order valence-electron chi connectivity index (χ4n) is 0.618. The SMILES string of the molecule is Cc1ccsc1SC[N+](=O)[O-].